The third-order valence-corrected chi connectivity index (χ3v) is 5.93. The number of carbonyl (C=O) groups excluding carboxylic acids is 2. The van der Waals surface area contributed by atoms with Crippen LogP contribution in [0.1, 0.15) is 31.8 Å². The highest BCUT2D eigenvalue weighted by Gasteiger charge is 2.42. The summed E-state index contributed by atoms with van der Waals surface area (Å²) in [7, 11) is 0. The van der Waals surface area contributed by atoms with Crippen molar-refractivity contribution in [3.63, 3.8) is 0 Å². The highest BCUT2D eigenvalue weighted by molar-refractivity contribution is 6.36. The van der Waals surface area contributed by atoms with Crippen LogP contribution in [0.4, 0.5) is 0 Å². The van der Waals surface area contributed by atoms with E-state index in [9.17, 15) is 19.5 Å². The van der Waals surface area contributed by atoms with E-state index in [1.807, 2.05) is 0 Å². The molecule has 0 aromatic heterocycles. The molecule has 0 saturated heterocycles. The molecule has 162 valence electrons. The zero-order valence-electron chi connectivity index (χ0n) is 16.6. The number of halogens is 2. The number of ether oxygens (including phenoxy) is 1. The van der Waals surface area contributed by atoms with Gasteiger partial charge >= 0.3 is 5.97 Å². The Hall–Kier alpha value is -3.35. The van der Waals surface area contributed by atoms with Crippen LogP contribution < -0.4 is 4.74 Å². The third kappa shape index (κ3) is 4.20. The topological polar surface area (TPSA) is 83.9 Å². The van der Waals surface area contributed by atoms with Crippen LogP contribution in [-0.2, 0) is 17.8 Å². The predicted molar refractivity (Wildman–Crippen MR) is 119 cm³/mol. The van der Waals surface area contributed by atoms with Gasteiger partial charge in [0.2, 0.25) is 0 Å². The van der Waals surface area contributed by atoms with Gasteiger partial charge in [0.05, 0.1) is 11.1 Å². The maximum Gasteiger partial charge on any atom is 0.327 e. The van der Waals surface area contributed by atoms with Crippen LogP contribution in [0, 0.1) is 0 Å². The van der Waals surface area contributed by atoms with E-state index >= 15 is 0 Å². The number of hydrogen-bond acceptors (Lipinski definition) is 4. The number of aliphatic carboxylic acids is 1. The molecule has 2 amide bonds. The number of fused-ring (bicyclic) bond motifs is 1. The number of nitrogens with zero attached hydrogens (tertiary/aromatic N) is 1. The summed E-state index contributed by atoms with van der Waals surface area (Å²) in [6, 6.07) is 16.9. The highest BCUT2D eigenvalue weighted by Crippen LogP contribution is 2.28. The first-order valence-corrected chi connectivity index (χ1v) is 10.5. The summed E-state index contributed by atoms with van der Waals surface area (Å²) in [5, 5.41) is 10.7. The molecule has 32 heavy (non-hydrogen) atoms. The summed E-state index contributed by atoms with van der Waals surface area (Å²) in [4.78, 5) is 38.1. The van der Waals surface area contributed by atoms with Crippen molar-refractivity contribution in [2.45, 2.75) is 19.1 Å². The Morgan fingerprint density at radius 1 is 0.875 bits per heavy atom. The van der Waals surface area contributed by atoms with Crippen LogP contribution in [0.25, 0.3) is 0 Å². The second-order valence-corrected chi connectivity index (χ2v) is 8.03. The summed E-state index contributed by atoms with van der Waals surface area (Å²) >= 11 is 12.3. The molecular formula is C24H17Cl2NO5. The van der Waals surface area contributed by atoms with Crippen LogP contribution in [0.15, 0.2) is 66.7 Å². The van der Waals surface area contributed by atoms with Crippen LogP contribution in [0.5, 0.6) is 5.75 Å². The number of carbonyl (C=O) groups is 3. The number of imide groups is 1. The molecule has 0 spiro atoms. The molecule has 3 aromatic carbocycles. The molecule has 1 atom stereocenters. The highest BCUT2D eigenvalue weighted by atomic mass is 35.5. The molecule has 3 aromatic rings. The van der Waals surface area contributed by atoms with Crippen LogP contribution in [0.3, 0.4) is 0 Å². The molecule has 0 fully saturated rings. The first-order valence-electron chi connectivity index (χ1n) is 9.71. The van der Waals surface area contributed by atoms with Gasteiger partial charge in [-0.25, -0.2) is 4.79 Å². The van der Waals surface area contributed by atoms with Gasteiger partial charge in [0.15, 0.2) is 0 Å². The van der Waals surface area contributed by atoms with Gasteiger partial charge in [0.1, 0.15) is 18.4 Å². The minimum atomic E-state index is -1.32. The fourth-order valence-electron chi connectivity index (χ4n) is 3.55. The van der Waals surface area contributed by atoms with Crippen molar-refractivity contribution < 1.29 is 24.2 Å². The second kappa shape index (κ2) is 9.02. The molecule has 6 nitrogen and oxygen atoms in total. The minimum absolute atomic E-state index is 0.0303. The standard InChI is InChI=1S/C24H17Cl2NO5/c25-19-6-3-7-20(26)18(19)13-32-15-10-8-14(9-11-15)12-21(24(30)31)27-22(28)16-4-1-2-5-17(16)23(27)29/h1-11,21H,12-13H2,(H,30,31)/t21-/m0/s1. The van der Waals surface area contributed by atoms with Crippen molar-refractivity contribution in [3.8, 4) is 5.75 Å². The quantitative estimate of drug-likeness (QED) is 0.499. The number of carboxylic acid groups (broad SMARTS) is 1. The Bertz CT molecular complexity index is 1150. The number of carboxylic acids is 1. The SMILES string of the molecule is O=C(O)[C@H](Cc1ccc(OCc2c(Cl)cccc2Cl)cc1)N1C(=O)c2ccccc2C1=O. The van der Waals surface area contributed by atoms with Crippen LogP contribution in [0.2, 0.25) is 10.0 Å². The van der Waals surface area contributed by atoms with Crippen molar-refractivity contribution in [2.24, 2.45) is 0 Å². The average molecular weight is 470 g/mol. The molecule has 1 heterocycles. The van der Waals surface area contributed by atoms with Gasteiger partial charge < -0.3 is 9.84 Å². The van der Waals surface area contributed by atoms with Gasteiger partial charge in [-0.1, -0.05) is 53.5 Å². The first-order chi connectivity index (χ1) is 15.4. The number of amides is 2. The molecule has 1 aliphatic heterocycles. The lowest BCUT2D eigenvalue weighted by molar-refractivity contribution is -0.141. The summed E-state index contributed by atoms with van der Waals surface area (Å²) in [6.07, 6.45) is -0.0303. The Morgan fingerprint density at radius 3 is 1.97 bits per heavy atom. The van der Waals surface area contributed by atoms with Crippen LogP contribution in [-0.4, -0.2) is 33.8 Å². The number of hydrogen-bond donors (Lipinski definition) is 1. The van der Waals surface area contributed by atoms with Crippen molar-refractivity contribution in [1.82, 2.24) is 4.90 Å². The van der Waals surface area contributed by atoms with E-state index in [2.05, 4.69) is 0 Å². The van der Waals surface area contributed by atoms with Crippen molar-refractivity contribution >= 4 is 41.0 Å². The van der Waals surface area contributed by atoms with Gasteiger partial charge in [0, 0.05) is 22.0 Å². The molecule has 0 bridgehead atoms. The first kappa shape index (κ1) is 21.9. The molecule has 0 aliphatic carbocycles. The van der Waals surface area contributed by atoms with E-state index < -0.39 is 23.8 Å². The third-order valence-electron chi connectivity index (χ3n) is 5.22. The zero-order chi connectivity index (χ0) is 22.8. The number of rotatable bonds is 7. The normalized spacial score (nSPS) is 13.8. The number of benzene rings is 3. The second-order valence-electron chi connectivity index (χ2n) is 7.22. The molecule has 0 saturated carbocycles. The monoisotopic (exact) mass is 469 g/mol. The molecular weight excluding hydrogens is 453 g/mol. The average Bonchev–Trinajstić information content (AvgIpc) is 3.03. The largest absolute Gasteiger partial charge is 0.489 e. The van der Waals surface area contributed by atoms with Gasteiger partial charge in [0.25, 0.3) is 11.8 Å². The minimum Gasteiger partial charge on any atom is -0.489 e. The Balaban J connectivity index is 1.48. The van der Waals surface area contributed by atoms with Gasteiger partial charge in [-0.05, 0) is 42.0 Å². The summed E-state index contributed by atoms with van der Waals surface area (Å²) in [5.41, 5.74) is 1.73. The zero-order valence-corrected chi connectivity index (χ0v) is 18.1. The van der Waals surface area contributed by atoms with E-state index in [1.54, 1.807) is 54.6 Å². The van der Waals surface area contributed by atoms with E-state index in [0.717, 1.165) is 4.90 Å². The van der Waals surface area contributed by atoms with Gasteiger partial charge in [-0.2, -0.15) is 0 Å². The molecule has 1 N–H and O–H groups in total. The molecule has 0 radical (unpaired) electrons. The van der Waals surface area contributed by atoms with E-state index in [1.165, 1.54) is 12.1 Å². The van der Waals surface area contributed by atoms with Crippen LogP contribution >= 0.6 is 23.2 Å². The lowest BCUT2D eigenvalue weighted by atomic mass is 10.0. The summed E-state index contributed by atoms with van der Waals surface area (Å²) < 4.78 is 5.73. The molecule has 8 heteroatoms. The molecule has 1 aliphatic rings. The smallest absolute Gasteiger partial charge is 0.327 e. The lowest BCUT2D eigenvalue weighted by Crippen LogP contribution is -2.46. The maximum atomic E-state index is 12.7. The van der Waals surface area contributed by atoms with Crippen molar-refractivity contribution in [2.75, 3.05) is 0 Å². The molecule has 0 unspecified atom stereocenters. The summed E-state index contributed by atoms with van der Waals surface area (Å²) in [5.74, 6) is -1.92. The van der Waals surface area contributed by atoms with Gasteiger partial charge in [-0.15, -0.1) is 0 Å². The van der Waals surface area contributed by atoms with E-state index in [4.69, 9.17) is 27.9 Å². The molecule has 4 rings (SSSR count). The maximum absolute atomic E-state index is 12.7. The van der Waals surface area contributed by atoms with E-state index in [0.29, 0.717) is 26.9 Å². The Kier molecular flexibility index (Phi) is 6.17. The van der Waals surface area contributed by atoms with E-state index in [-0.39, 0.29) is 24.2 Å². The Morgan fingerprint density at radius 2 is 1.44 bits per heavy atom. The summed E-state index contributed by atoms with van der Waals surface area (Å²) in [6.45, 7) is 0.171. The van der Waals surface area contributed by atoms with Gasteiger partial charge in [-0.3, -0.25) is 14.5 Å². The lowest BCUT2D eigenvalue weighted by Gasteiger charge is -2.22. The van der Waals surface area contributed by atoms with Crippen molar-refractivity contribution in [3.05, 3.63) is 99.0 Å². The fraction of sp³-hybridized carbons (Fsp3) is 0.125. The predicted octanol–water partition coefficient (Wildman–Crippen LogP) is 4.86. The Labute approximate surface area is 193 Å². The fourth-order valence-corrected chi connectivity index (χ4v) is 4.06. The van der Waals surface area contributed by atoms with Crippen molar-refractivity contribution in [1.29, 1.82) is 0 Å².